The number of imidazole rings is 1. The van der Waals surface area contributed by atoms with E-state index in [1.807, 2.05) is 0 Å². The van der Waals surface area contributed by atoms with Crippen molar-refractivity contribution in [3.63, 3.8) is 0 Å². The highest BCUT2D eigenvalue weighted by molar-refractivity contribution is 5.73. The Labute approximate surface area is 135 Å². The Hall–Kier alpha value is -1.70. The highest BCUT2D eigenvalue weighted by Crippen LogP contribution is 2.33. The minimum absolute atomic E-state index is 0.0347. The molecule has 0 spiro atoms. The van der Waals surface area contributed by atoms with Gasteiger partial charge in [0.15, 0.2) is 0 Å². The summed E-state index contributed by atoms with van der Waals surface area (Å²) in [5.41, 5.74) is 0.131. The van der Waals surface area contributed by atoms with Gasteiger partial charge < -0.3 is 15.5 Å². The minimum Gasteiger partial charge on any atom is -0.337 e. The molecule has 0 bridgehead atoms. The first-order valence-electron chi connectivity index (χ1n) is 7.83. The normalized spacial score (nSPS) is 21.4. The first kappa shape index (κ1) is 17.7. The maximum Gasteiger partial charge on any atom is 0.319 e. The molecule has 2 rings (SSSR count). The van der Waals surface area contributed by atoms with Gasteiger partial charge in [-0.15, -0.1) is 0 Å². The summed E-state index contributed by atoms with van der Waals surface area (Å²) in [6.45, 7) is 3.25. The molecule has 130 valence electrons. The number of alkyl halides is 2. The number of rotatable bonds is 5. The number of carbonyl (C=O) groups is 1. The predicted octanol–water partition coefficient (Wildman–Crippen LogP) is 2.20. The number of hydrogen-bond donors (Lipinski definition) is 2. The van der Waals surface area contributed by atoms with E-state index in [9.17, 15) is 13.6 Å². The molecule has 8 heteroatoms. The molecule has 23 heavy (non-hydrogen) atoms. The Morgan fingerprint density at radius 2 is 2.22 bits per heavy atom. The lowest BCUT2D eigenvalue weighted by Gasteiger charge is -2.45. The fourth-order valence-corrected chi connectivity index (χ4v) is 3.21. The molecule has 2 heterocycles. The van der Waals surface area contributed by atoms with Crippen LogP contribution in [0.1, 0.15) is 39.1 Å². The summed E-state index contributed by atoms with van der Waals surface area (Å²) in [6.07, 6.45) is 4.76. The number of aromatic nitrogens is 2. The molecule has 1 atom stereocenters. The Kier molecular flexibility index (Phi) is 5.56. The van der Waals surface area contributed by atoms with E-state index in [0.717, 1.165) is 24.0 Å². The van der Waals surface area contributed by atoms with Gasteiger partial charge in [-0.25, -0.2) is 9.78 Å². The van der Waals surface area contributed by atoms with Gasteiger partial charge in [-0.1, -0.05) is 13.8 Å². The van der Waals surface area contributed by atoms with E-state index in [0.29, 0.717) is 6.54 Å². The van der Waals surface area contributed by atoms with Crippen LogP contribution in [0.3, 0.4) is 0 Å². The predicted molar refractivity (Wildman–Crippen MR) is 83.2 cm³/mol. The second-order valence-corrected chi connectivity index (χ2v) is 6.68. The molecular weight excluding hydrogens is 304 g/mol. The van der Waals surface area contributed by atoms with Crippen LogP contribution in [0.25, 0.3) is 0 Å². The first-order valence-corrected chi connectivity index (χ1v) is 7.83. The quantitative estimate of drug-likeness (QED) is 0.870. The molecule has 1 saturated heterocycles. The summed E-state index contributed by atoms with van der Waals surface area (Å²) in [4.78, 5) is 18.0. The highest BCUT2D eigenvalue weighted by atomic mass is 19.3. The summed E-state index contributed by atoms with van der Waals surface area (Å²) in [7, 11) is 2.06. The van der Waals surface area contributed by atoms with E-state index in [4.69, 9.17) is 0 Å². The maximum absolute atomic E-state index is 12.7. The molecule has 1 aromatic rings. The number of hydrogen-bond acceptors (Lipinski definition) is 3. The standard InChI is InChI=1S/C15H25F2N5O/c1-15(2)5-4-7-21(3)11(15)9-19-14(23)20-10-12-18-6-8-22(12)13(16)17/h6,8,11,13H,4-5,7,9-10H2,1-3H3,(H2,19,20,23). The highest BCUT2D eigenvalue weighted by Gasteiger charge is 2.35. The van der Waals surface area contributed by atoms with Crippen molar-refractivity contribution in [1.29, 1.82) is 0 Å². The zero-order valence-electron chi connectivity index (χ0n) is 13.9. The molecule has 1 aromatic heterocycles. The van der Waals surface area contributed by atoms with Gasteiger partial charge in [0.25, 0.3) is 0 Å². The Balaban J connectivity index is 1.82. The number of likely N-dealkylation sites (N-methyl/N-ethyl adjacent to an activating group) is 1. The van der Waals surface area contributed by atoms with Gasteiger partial charge in [0.05, 0.1) is 6.54 Å². The average molecular weight is 329 g/mol. The van der Waals surface area contributed by atoms with Crippen molar-refractivity contribution in [3.05, 3.63) is 18.2 Å². The van der Waals surface area contributed by atoms with Crippen molar-refractivity contribution < 1.29 is 13.6 Å². The fourth-order valence-electron chi connectivity index (χ4n) is 3.21. The number of piperidine rings is 1. The van der Waals surface area contributed by atoms with Crippen LogP contribution in [-0.4, -0.2) is 46.7 Å². The maximum atomic E-state index is 12.7. The first-order chi connectivity index (χ1) is 10.8. The molecule has 0 saturated carbocycles. The van der Waals surface area contributed by atoms with E-state index < -0.39 is 6.55 Å². The van der Waals surface area contributed by atoms with Gasteiger partial charge in [0.1, 0.15) is 5.82 Å². The molecule has 0 aromatic carbocycles. The van der Waals surface area contributed by atoms with E-state index in [1.54, 1.807) is 0 Å². The van der Waals surface area contributed by atoms with E-state index >= 15 is 0 Å². The van der Waals surface area contributed by atoms with Gasteiger partial charge >= 0.3 is 12.6 Å². The van der Waals surface area contributed by atoms with Crippen LogP contribution >= 0.6 is 0 Å². The summed E-state index contributed by atoms with van der Waals surface area (Å²) in [5.74, 6) is 0.130. The van der Waals surface area contributed by atoms with Crippen LogP contribution in [0.4, 0.5) is 13.6 Å². The average Bonchev–Trinajstić information content (AvgIpc) is 2.92. The van der Waals surface area contributed by atoms with Crippen molar-refractivity contribution in [2.45, 2.75) is 45.8 Å². The second-order valence-electron chi connectivity index (χ2n) is 6.68. The van der Waals surface area contributed by atoms with E-state index in [2.05, 4.69) is 41.4 Å². The number of carbonyl (C=O) groups excluding carboxylic acids is 1. The molecule has 0 radical (unpaired) electrons. The topological polar surface area (TPSA) is 62.2 Å². The van der Waals surface area contributed by atoms with E-state index in [-0.39, 0.29) is 29.9 Å². The van der Waals surface area contributed by atoms with Crippen LogP contribution in [0.5, 0.6) is 0 Å². The van der Waals surface area contributed by atoms with Crippen molar-refractivity contribution in [2.75, 3.05) is 20.1 Å². The number of halogens is 2. The number of nitrogens with one attached hydrogen (secondary N) is 2. The molecule has 2 N–H and O–H groups in total. The summed E-state index contributed by atoms with van der Waals surface area (Å²) in [5, 5.41) is 5.41. The fraction of sp³-hybridized carbons (Fsp3) is 0.733. The van der Waals surface area contributed by atoms with Crippen molar-refractivity contribution in [2.24, 2.45) is 5.41 Å². The van der Waals surface area contributed by atoms with Crippen molar-refractivity contribution in [1.82, 2.24) is 25.1 Å². The molecule has 2 amide bonds. The summed E-state index contributed by atoms with van der Waals surface area (Å²) < 4.78 is 26.1. The lowest BCUT2D eigenvalue weighted by atomic mass is 9.76. The third kappa shape index (κ3) is 4.40. The van der Waals surface area contributed by atoms with Crippen molar-refractivity contribution in [3.8, 4) is 0 Å². The van der Waals surface area contributed by atoms with Crippen LogP contribution in [-0.2, 0) is 6.54 Å². The largest absolute Gasteiger partial charge is 0.337 e. The number of urea groups is 1. The SMILES string of the molecule is CN1CCCC(C)(C)C1CNC(=O)NCc1nccn1C(F)F. The monoisotopic (exact) mass is 329 g/mol. The smallest absolute Gasteiger partial charge is 0.319 e. The van der Waals surface area contributed by atoms with Crippen LogP contribution in [0, 0.1) is 5.41 Å². The van der Waals surface area contributed by atoms with Gasteiger partial charge in [-0.2, -0.15) is 8.78 Å². The van der Waals surface area contributed by atoms with Crippen molar-refractivity contribution >= 4 is 6.03 Å². The molecule has 1 fully saturated rings. The Bertz CT molecular complexity index is 532. The van der Waals surface area contributed by atoms with Gasteiger partial charge in [-0.3, -0.25) is 4.57 Å². The Morgan fingerprint density at radius 1 is 1.48 bits per heavy atom. The number of amides is 2. The molecule has 6 nitrogen and oxygen atoms in total. The third-order valence-electron chi connectivity index (χ3n) is 4.59. The van der Waals surface area contributed by atoms with Gasteiger partial charge in [-0.05, 0) is 31.8 Å². The lowest BCUT2D eigenvalue weighted by molar-refractivity contribution is 0.0596. The van der Waals surface area contributed by atoms with Crippen LogP contribution in [0.2, 0.25) is 0 Å². The van der Waals surface area contributed by atoms with Gasteiger partial charge in [0.2, 0.25) is 0 Å². The number of likely N-dealkylation sites (tertiary alicyclic amines) is 1. The minimum atomic E-state index is -2.66. The third-order valence-corrected chi connectivity index (χ3v) is 4.59. The summed E-state index contributed by atoms with van der Waals surface area (Å²) in [6, 6.07) is -0.117. The molecule has 1 aliphatic rings. The lowest BCUT2D eigenvalue weighted by Crippen LogP contribution is -2.54. The molecule has 0 aliphatic carbocycles. The Morgan fingerprint density at radius 3 is 2.87 bits per heavy atom. The zero-order valence-corrected chi connectivity index (χ0v) is 13.9. The summed E-state index contributed by atoms with van der Waals surface area (Å²) >= 11 is 0. The van der Waals surface area contributed by atoms with Crippen LogP contribution < -0.4 is 10.6 Å². The molecule has 1 aliphatic heterocycles. The molecule has 1 unspecified atom stereocenters. The number of nitrogens with zero attached hydrogens (tertiary/aromatic N) is 3. The zero-order chi connectivity index (χ0) is 17.0. The van der Waals surface area contributed by atoms with Gasteiger partial charge in [0, 0.05) is 25.0 Å². The molecular formula is C15H25F2N5O. The van der Waals surface area contributed by atoms with Crippen LogP contribution in [0.15, 0.2) is 12.4 Å². The van der Waals surface area contributed by atoms with E-state index in [1.165, 1.54) is 12.4 Å². The second kappa shape index (κ2) is 7.25.